The fraction of sp³-hybridized carbons (Fsp3) is 0.350. The number of nitro benzene ring substituents is 1. The number of carbonyl (C=O) groups excluding carboxylic acids is 1. The normalized spacial score (nSPS) is 14.8. The van der Waals surface area contributed by atoms with Crippen molar-refractivity contribution >= 4 is 17.2 Å². The van der Waals surface area contributed by atoms with E-state index < -0.39 is 22.1 Å². The molecule has 1 aliphatic heterocycles. The highest BCUT2D eigenvalue weighted by molar-refractivity contribution is 5.97. The van der Waals surface area contributed by atoms with E-state index in [1.54, 1.807) is 0 Å². The molecule has 0 spiro atoms. The average molecular weight is 385 g/mol. The van der Waals surface area contributed by atoms with Crippen LogP contribution in [0.1, 0.15) is 22.3 Å². The number of piperazine rings is 1. The molecule has 0 amide bonds. The zero-order valence-corrected chi connectivity index (χ0v) is 15.7. The minimum absolute atomic E-state index is 0.0283. The van der Waals surface area contributed by atoms with Crippen LogP contribution in [0.25, 0.3) is 0 Å². The Morgan fingerprint density at radius 1 is 1.14 bits per heavy atom. The van der Waals surface area contributed by atoms with Crippen LogP contribution in [0.3, 0.4) is 0 Å². The maximum Gasteiger partial charge on any atom is 0.315 e. The van der Waals surface area contributed by atoms with Crippen LogP contribution in [0, 0.1) is 17.0 Å². The number of hydrogen-bond acceptors (Lipinski definition) is 7. The second-order valence-corrected chi connectivity index (χ2v) is 6.91. The van der Waals surface area contributed by atoms with Crippen molar-refractivity contribution in [2.45, 2.75) is 13.3 Å². The molecule has 0 radical (unpaired) electrons. The molecule has 28 heavy (non-hydrogen) atoms. The van der Waals surface area contributed by atoms with Gasteiger partial charge < -0.3 is 15.1 Å². The number of para-hydroxylation sites is 1. The molecular formula is C20H23N3O5. The van der Waals surface area contributed by atoms with E-state index in [0.717, 1.165) is 38.3 Å². The molecule has 0 unspecified atom stereocenters. The number of carbonyl (C=O) groups is 1. The van der Waals surface area contributed by atoms with E-state index in [1.807, 2.05) is 12.1 Å². The Bertz CT molecular complexity index is 891. The minimum Gasteiger partial charge on any atom is -0.504 e. The summed E-state index contributed by atoms with van der Waals surface area (Å²) in [7, 11) is 0. The Balaban J connectivity index is 1.56. The van der Waals surface area contributed by atoms with Gasteiger partial charge in [0.1, 0.15) is 0 Å². The molecule has 0 saturated carbocycles. The van der Waals surface area contributed by atoms with Crippen molar-refractivity contribution in [3.63, 3.8) is 0 Å². The molecular weight excluding hydrogens is 362 g/mol. The summed E-state index contributed by atoms with van der Waals surface area (Å²) in [4.78, 5) is 27.0. The van der Waals surface area contributed by atoms with Crippen LogP contribution in [0.5, 0.6) is 11.5 Å². The van der Waals surface area contributed by atoms with Gasteiger partial charge in [0, 0.05) is 56.5 Å². The number of Topliss-reactive ketones (excluding diaryl/α,β-unsaturated/α-hetero) is 1. The van der Waals surface area contributed by atoms with Crippen LogP contribution < -0.4 is 4.90 Å². The average Bonchev–Trinajstić information content (AvgIpc) is 2.68. The lowest BCUT2D eigenvalue weighted by Gasteiger charge is -2.36. The van der Waals surface area contributed by atoms with E-state index in [1.165, 1.54) is 11.3 Å². The van der Waals surface area contributed by atoms with Gasteiger partial charge in [-0.05, 0) is 24.6 Å². The molecule has 2 N–H and O–H groups in total. The van der Waals surface area contributed by atoms with Gasteiger partial charge >= 0.3 is 5.69 Å². The zero-order valence-electron chi connectivity index (χ0n) is 15.7. The van der Waals surface area contributed by atoms with E-state index in [2.05, 4.69) is 28.9 Å². The summed E-state index contributed by atoms with van der Waals surface area (Å²) in [5.74, 6) is -1.79. The third-order valence-electron chi connectivity index (χ3n) is 5.07. The first-order chi connectivity index (χ1) is 13.4. The third kappa shape index (κ3) is 4.23. The maximum absolute atomic E-state index is 12.4. The number of ketones is 1. The molecule has 3 rings (SSSR count). The first-order valence-corrected chi connectivity index (χ1v) is 9.13. The lowest BCUT2D eigenvalue weighted by atomic mass is 10.1. The van der Waals surface area contributed by atoms with Gasteiger partial charge in [-0.1, -0.05) is 18.2 Å². The van der Waals surface area contributed by atoms with Crippen LogP contribution in [0.2, 0.25) is 0 Å². The highest BCUT2D eigenvalue weighted by Crippen LogP contribution is 2.36. The number of aryl methyl sites for hydroxylation is 1. The summed E-state index contributed by atoms with van der Waals surface area (Å²) < 4.78 is 0. The second kappa shape index (κ2) is 8.26. The van der Waals surface area contributed by atoms with Crippen molar-refractivity contribution in [3.05, 3.63) is 57.6 Å². The van der Waals surface area contributed by atoms with Crippen LogP contribution in [-0.2, 0) is 0 Å². The molecule has 148 valence electrons. The SMILES string of the molecule is Cc1ccccc1N1CCN(CCC(=O)c2cc(O)c(O)c([N+](=O)[O-])c2)CC1. The van der Waals surface area contributed by atoms with Crippen molar-refractivity contribution in [2.24, 2.45) is 0 Å². The van der Waals surface area contributed by atoms with Gasteiger partial charge in [0.25, 0.3) is 0 Å². The molecule has 0 bridgehead atoms. The standard InChI is InChI=1S/C20H23N3O5/c1-14-4-2-3-5-16(14)22-10-8-21(9-11-22)7-6-18(24)15-12-17(23(27)28)20(26)19(25)13-15/h2-5,12-13,25-26H,6-11H2,1H3. The van der Waals surface area contributed by atoms with Crippen LogP contribution in [0.15, 0.2) is 36.4 Å². The summed E-state index contributed by atoms with van der Waals surface area (Å²) in [6.07, 6.45) is 0.186. The summed E-state index contributed by atoms with van der Waals surface area (Å²) in [5, 5.41) is 30.1. The molecule has 2 aromatic rings. The van der Waals surface area contributed by atoms with Gasteiger partial charge in [-0.2, -0.15) is 0 Å². The second-order valence-electron chi connectivity index (χ2n) is 6.91. The van der Waals surface area contributed by atoms with Crippen LogP contribution in [0.4, 0.5) is 11.4 Å². The highest BCUT2D eigenvalue weighted by atomic mass is 16.6. The molecule has 0 aromatic heterocycles. The molecule has 0 aliphatic carbocycles. The minimum atomic E-state index is -0.825. The van der Waals surface area contributed by atoms with Gasteiger partial charge in [-0.15, -0.1) is 0 Å². The smallest absolute Gasteiger partial charge is 0.315 e. The molecule has 2 aromatic carbocycles. The van der Waals surface area contributed by atoms with E-state index in [4.69, 9.17) is 0 Å². The fourth-order valence-corrected chi connectivity index (χ4v) is 3.44. The topological polar surface area (TPSA) is 107 Å². The summed E-state index contributed by atoms with van der Waals surface area (Å²) in [5.41, 5.74) is 1.82. The molecule has 1 saturated heterocycles. The van der Waals surface area contributed by atoms with Gasteiger partial charge in [0.15, 0.2) is 11.5 Å². The molecule has 8 heteroatoms. The van der Waals surface area contributed by atoms with Crippen LogP contribution in [-0.4, -0.2) is 58.5 Å². The number of nitrogens with zero attached hydrogens (tertiary/aromatic N) is 3. The lowest BCUT2D eigenvalue weighted by molar-refractivity contribution is -0.386. The number of phenolic OH excluding ortho intramolecular Hbond substituents is 2. The van der Waals surface area contributed by atoms with Crippen molar-refractivity contribution in [1.82, 2.24) is 4.90 Å². The molecule has 1 fully saturated rings. The lowest BCUT2D eigenvalue weighted by Crippen LogP contribution is -2.47. The zero-order chi connectivity index (χ0) is 20.3. The Hall–Kier alpha value is -3.13. The summed E-state index contributed by atoms with van der Waals surface area (Å²) >= 11 is 0. The van der Waals surface area contributed by atoms with Gasteiger partial charge in [0.2, 0.25) is 5.75 Å². The highest BCUT2D eigenvalue weighted by Gasteiger charge is 2.23. The van der Waals surface area contributed by atoms with Crippen molar-refractivity contribution < 1.29 is 19.9 Å². The van der Waals surface area contributed by atoms with Gasteiger partial charge in [0.05, 0.1) is 4.92 Å². The maximum atomic E-state index is 12.4. The molecule has 1 heterocycles. The Morgan fingerprint density at radius 3 is 2.46 bits per heavy atom. The molecule has 0 atom stereocenters. The predicted octanol–water partition coefficient (Wildman–Crippen LogP) is 2.71. The Morgan fingerprint density at radius 2 is 1.82 bits per heavy atom. The number of anilines is 1. The van der Waals surface area contributed by atoms with E-state index >= 15 is 0 Å². The van der Waals surface area contributed by atoms with Crippen LogP contribution >= 0.6 is 0 Å². The number of benzene rings is 2. The predicted molar refractivity (Wildman–Crippen MR) is 105 cm³/mol. The largest absolute Gasteiger partial charge is 0.504 e. The van der Waals surface area contributed by atoms with Gasteiger partial charge in [-0.3, -0.25) is 19.8 Å². The summed E-state index contributed by atoms with van der Waals surface area (Å²) in [6, 6.07) is 10.3. The number of rotatable bonds is 6. The molecule has 8 nitrogen and oxygen atoms in total. The van der Waals surface area contributed by atoms with Crippen molar-refractivity contribution in [1.29, 1.82) is 0 Å². The Labute approximate surface area is 162 Å². The number of nitro groups is 1. The van der Waals surface area contributed by atoms with Crippen molar-refractivity contribution in [2.75, 3.05) is 37.6 Å². The number of hydrogen-bond donors (Lipinski definition) is 2. The first kappa shape index (κ1) is 19.6. The van der Waals surface area contributed by atoms with Gasteiger partial charge in [-0.25, -0.2) is 0 Å². The number of phenols is 2. The monoisotopic (exact) mass is 385 g/mol. The van der Waals surface area contributed by atoms with Crippen molar-refractivity contribution in [3.8, 4) is 11.5 Å². The van der Waals surface area contributed by atoms with E-state index in [0.29, 0.717) is 6.54 Å². The Kier molecular flexibility index (Phi) is 5.79. The van der Waals surface area contributed by atoms with E-state index in [-0.39, 0.29) is 17.8 Å². The quantitative estimate of drug-likeness (QED) is 0.341. The summed E-state index contributed by atoms with van der Waals surface area (Å²) in [6.45, 7) is 6.00. The first-order valence-electron chi connectivity index (χ1n) is 9.13. The number of aromatic hydroxyl groups is 2. The fourth-order valence-electron chi connectivity index (χ4n) is 3.44. The third-order valence-corrected chi connectivity index (χ3v) is 5.07. The van der Waals surface area contributed by atoms with E-state index in [9.17, 15) is 25.1 Å². The molecule has 1 aliphatic rings.